The topological polar surface area (TPSA) is 0 Å². The van der Waals surface area contributed by atoms with E-state index in [0.29, 0.717) is 0 Å². The third-order valence-electron chi connectivity index (χ3n) is 0.586. The van der Waals surface area contributed by atoms with Gasteiger partial charge >= 0.3 is 25.8 Å². The standard InChI is InChI=1S/C5H5.2CH3.Hf/c1-2-4-5-3-1;;;/h1-3H,4H2;2*1H3;/q3*-1;+4. The molecule has 0 aromatic carbocycles. The van der Waals surface area contributed by atoms with Crippen LogP contribution in [-0.4, -0.2) is 0 Å². The molecule has 0 N–H and O–H groups in total. The minimum absolute atomic E-state index is 0. The molecule has 0 aliphatic heterocycles. The number of allylic oxidation sites excluding steroid dienone is 4. The summed E-state index contributed by atoms with van der Waals surface area (Å²) in [7, 11) is 0. The van der Waals surface area contributed by atoms with Crippen molar-refractivity contribution in [1.82, 2.24) is 0 Å². The van der Waals surface area contributed by atoms with Crippen LogP contribution >= 0.6 is 0 Å². The van der Waals surface area contributed by atoms with Crippen molar-refractivity contribution < 1.29 is 25.8 Å². The van der Waals surface area contributed by atoms with Crippen molar-refractivity contribution in [2.75, 3.05) is 0 Å². The fourth-order valence-electron chi connectivity index (χ4n) is 0.340. The van der Waals surface area contributed by atoms with Crippen LogP contribution in [0.25, 0.3) is 0 Å². The van der Waals surface area contributed by atoms with Crippen LogP contribution in [0.2, 0.25) is 0 Å². The van der Waals surface area contributed by atoms with E-state index in [1.807, 2.05) is 12.2 Å². The van der Waals surface area contributed by atoms with Gasteiger partial charge in [0, 0.05) is 0 Å². The van der Waals surface area contributed by atoms with Gasteiger partial charge in [0.15, 0.2) is 0 Å². The molecule has 0 unspecified atom stereocenters. The molecule has 1 heteroatoms. The first-order chi connectivity index (χ1) is 2.50. The van der Waals surface area contributed by atoms with Gasteiger partial charge in [-0.3, -0.25) is 6.08 Å². The summed E-state index contributed by atoms with van der Waals surface area (Å²) in [6.45, 7) is 0. The van der Waals surface area contributed by atoms with Crippen LogP contribution in [0.3, 0.4) is 0 Å². The van der Waals surface area contributed by atoms with E-state index in [4.69, 9.17) is 0 Å². The predicted molar refractivity (Wildman–Crippen MR) is 34.4 cm³/mol. The van der Waals surface area contributed by atoms with Gasteiger partial charge < -0.3 is 14.9 Å². The minimum Gasteiger partial charge on any atom is -0.358 e. The van der Waals surface area contributed by atoms with E-state index in [2.05, 4.69) is 12.2 Å². The first-order valence-corrected chi connectivity index (χ1v) is 1.72. The van der Waals surface area contributed by atoms with Gasteiger partial charge in [0.1, 0.15) is 0 Å². The molecule has 0 fully saturated rings. The molecule has 0 nitrogen and oxygen atoms in total. The first-order valence-electron chi connectivity index (χ1n) is 1.72. The second-order valence-electron chi connectivity index (χ2n) is 1.00. The molecule has 0 heterocycles. The second kappa shape index (κ2) is 10.4. The molecule has 0 spiro atoms. The molecule has 8 heavy (non-hydrogen) atoms. The van der Waals surface area contributed by atoms with Gasteiger partial charge in [-0.15, -0.1) is 6.42 Å². The Balaban J connectivity index is -0.0000000833. The van der Waals surface area contributed by atoms with Gasteiger partial charge in [-0.2, -0.15) is 6.08 Å². The summed E-state index contributed by atoms with van der Waals surface area (Å²) in [4.78, 5) is 0. The SMILES string of the molecule is [C-]1=CC=CC1.[CH3-].[CH3-].[Hf+4]. The maximum absolute atomic E-state index is 2.99. The van der Waals surface area contributed by atoms with Gasteiger partial charge in [0.25, 0.3) is 0 Å². The molecule has 0 bridgehead atoms. The van der Waals surface area contributed by atoms with Crippen molar-refractivity contribution >= 4 is 0 Å². The second-order valence-corrected chi connectivity index (χ2v) is 1.00. The Morgan fingerprint density at radius 1 is 1.25 bits per heavy atom. The van der Waals surface area contributed by atoms with Crippen LogP contribution in [-0.2, 0) is 25.8 Å². The summed E-state index contributed by atoms with van der Waals surface area (Å²) >= 11 is 0. The molecule has 0 amide bonds. The number of rotatable bonds is 0. The van der Waals surface area contributed by atoms with E-state index in [9.17, 15) is 0 Å². The molecule has 0 radical (unpaired) electrons. The van der Waals surface area contributed by atoms with E-state index in [-0.39, 0.29) is 40.7 Å². The summed E-state index contributed by atoms with van der Waals surface area (Å²) in [5, 5.41) is 0. The molecule has 0 aromatic rings. The van der Waals surface area contributed by atoms with Crippen LogP contribution < -0.4 is 0 Å². The fourth-order valence-corrected chi connectivity index (χ4v) is 0.340. The average molecular weight is 274 g/mol. The van der Waals surface area contributed by atoms with E-state index < -0.39 is 0 Å². The van der Waals surface area contributed by atoms with Crippen molar-refractivity contribution in [3.05, 3.63) is 39.2 Å². The zero-order valence-corrected chi connectivity index (χ0v) is 9.03. The average Bonchev–Trinajstić information content (AvgIpc) is 1.76. The molecule has 0 aromatic heterocycles. The van der Waals surface area contributed by atoms with E-state index in [0.717, 1.165) is 6.42 Å². The third kappa shape index (κ3) is 6.35. The molecule has 1 aliphatic rings. The normalized spacial score (nSPS) is 11.0. The third-order valence-corrected chi connectivity index (χ3v) is 0.586. The molecule has 0 saturated heterocycles. The van der Waals surface area contributed by atoms with Gasteiger partial charge in [-0.1, -0.05) is 0 Å². The maximum atomic E-state index is 2.99. The van der Waals surface area contributed by atoms with Crippen LogP contribution in [0, 0.1) is 20.9 Å². The Kier molecular flexibility index (Phi) is 20.4. The summed E-state index contributed by atoms with van der Waals surface area (Å²) in [5.41, 5.74) is 0. The Labute approximate surface area is 71.5 Å². The number of hydrogen-bond donors (Lipinski definition) is 0. The van der Waals surface area contributed by atoms with Gasteiger partial charge in [-0.05, 0) is 0 Å². The van der Waals surface area contributed by atoms with Crippen molar-refractivity contribution in [3.8, 4) is 0 Å². The van der Waals surface area contributed by atoms with E-state index in [1.165, 1.54) is 0 Å². The van der Waals surface area contributed by atoms with Crippen LogP contribution in [0.1, 0.15) is 6.42 Å². The first kappa shape index (κ1) is 15.8. The summed E-state index contributed by atoms with van der Waals surface area (Å²) in [5.74, 6) is 0. The summed E-state index contributed by atoms with van der Waals surface area (Å²) < 4.78 is 0. The molecule has 0 saturated carbocycles. The Hall–Kier alpha value is 0.350. The molecule has 1 rings (SSSR count). The quantitative estimate of drug-likeness (QED) is 0.469. The molecule has 0 atom stereocenters. The van der Waals surface area contributed by atoms with Crippen LogP contribution in [0.15, 0.2) is 18.2 Å². The Morgan fingerprint density at radius 2 is 1.88 bits per heavy atom. The van der Waals surface area contributed by atoms with Crippen molar-refractivity contribution in [1.29, 1.82) is 0 Å². The zero-order chi connectivity index (χ0) is 3.54. The van der Waals surface area contributed by atoms with Crippen LogP contribution in [0.5, 0.6) is 0 Å². The fraction of sp³-hybridized carbons (Fsp3) is 0.143. The molecular weight excluding hydrogens is 263 g/mol. The van der Waals surface area contributed by atoms with Crippen molar-refractivity contribution in [3.63, 3.8) is 0 Å². The predicted octanol–water partition coefficient (Wildman–Crippen LogP) is 2.20. The summed E-state index contributed by atoms with van der Waals surface area (Å²) in [6.07, 6.45) is 10.0. The molecular formula is C7H11Hf+. The maximum Gasteiger partial charge on any atom is 4.00 e. The monoisotopic (exact) mass is 275 g/mol. The van der Waals surface area contributed by atoms with Gasteiger partial charge in [0.05, 0.1) is 0 Å². The van der Waals surface area contributed by atoms with Crippen molar-refractivity contribution in [2.45, 2.75) is 6.42 Å². The summed E-state index contributed by atoms with van der Waals surface area (Å²) in [6, 6.07) is 0. The van der Waals surface area contributed by atoms with Crippen molar-refractivity contribution in [2.24, 2.45) is 0 Å². The Morgan fingerprint density at radius 3 is 2.00 bits per heavy atom. The number of hydrogen-bond acceptors (Lipinski definition) is 0. The van der Waals surface area contributed by atoms with Gasteiger partial charge in [-0.25, -0.2) is 12.2 Å². The largest absolute Gasteiger partial charge is 4.00 e. The van der Waals surface area contributed by atoms with Gasteiger partial charge in [0.2, 0.25) is 0 Å². The zero-order valence-electron chi connectivity index (χ0n) is 5.44. The Bertz CT molecular complexity index is 62.5. The van der Waals surface area contributed by atoms with E-state index >= 15 is 0 Å². The van der Waals surface area contributed by atoms with Crippen LogP contribution in [0.4, 0.5) is 0 Å². The smallest absolute Gasteiger partial charge is 0.358 e. The minimum atomic E-state index is 0. The molecule has 42 valence electrons. The van der Waals surface area contributed by atoms with E-state index in [1.54, 1.807) is 0 Å². The molecule has 1 aliphatic carbocycles.